The molecule has 1 aromatic rings. The van der Waals surface area contributed by atoms with Crippen molar-refractivity contribution in [2.45, 2.75) is 64.7 Å². The van der Waals surface area contributed by atoms with Gasteiger partial charge in [-0.25, -0.2) is 0 Å². The maximum absolute atomic E-state index is 11.4. The molecule has 1 aliphatic rings. The molecule has 1 aliphatic carbocycles. The molecule has 142 valence electrons. The van der Waals surface area contributed by atoms with Crippen molar-refractivity contribution < 1.29 is 4.79 Å². The Labute approximate surface area is 159 Å². The fraction of sp³-hybridized carbons (Fsp3) is 0.542. The highest BCUT2D eigenvalue weighted by Gasteiger charge is 2.22. The van der Waals surface area contributed by atoms with Crippen molar-refractivity contribution in [2.24, 2.45) is 11.8 Å². The summed E-state index contributed by atoms with van der Waals surface area (Å²) < 4.78 is 0. The minimum Gasteiger partial charge on any atom is -0.356 e. The number of amides is 1. The SMILES string of the molecule is CCNC(=O)CCC/C=C\C1CCC[C@@H]1/C=C/CCCc1ccccc1. The predicted octanol–water partition coefficient (Wildman–Crippen LogP) is 5.84. The monoisotopic (exact) mass is 353 g/mol. The number of aryl methyl sites for hydroxylation is 1. The largest absolute Gasteiger partial charge is 0.356 e. The molecule has 0 aliphatic heterocycles. The summed E-state index contributed by atoms with van der Waals surface area (Å²) in [5.41, 5.74) is 1.44. The van der Waals surface area contributed by atoms with E-state index in [2.05, 4.69) is 60.0 Å². The molecule has 0 bridgehead atoms. The number of rotatable bonds is 11. The van der Waals surface area contributed by atoms with Crippen LogP contribution in [0.1, 0.15) is 63.9 Å². The summed E-state index contributed by atoms with van der Waals surface area (Å²) in [7, 11) is 0. The zero-order valence-electron chi connectivity index (χ0n) is 16.3. The molecule has 0 spiro atoms. The fourth-order valence-corrected chi connectivity index (χ4v) is 3.77. The second-order valence-corrected chi connectivity index (χ2v) is 7.34. The second-order valence-electron chi connectivity index (χ2n) is 7.34. The van der Waals surface area contributed by atoms with Crippen LogP contribution < -0.4 is 5.32 Å². The van der Waals surface area contributed by atoms with Gasteiger partial charge in [0.15, 0.2) is 0 Å². The number of allylic oxidation sites excluding steroid dienone is 4. The molecule has 2 rings (SSSR count). The summed E-state index contributed by atoms with van der Waals surface area (Å²) in [6, 6.07) is 10.8. The number of nitrogens with one attached hydrogen (secondary N) is 1. The van der Waals surface area contributed by atoms with E-state index in [0.717, 1.165) is 19.4 Å². The van der Waals surface area contributed by atoms with Crippen molar-refractivity contribution in [3.63, 3.8) is 0 Å². The topological polar surface area (TPSA) is 29.1 Å². The van der Waals surface area contributed by atoms with Crippen molar-refractivity contribution in [3.05, 3.63) is 60.2 Å². The first-order chi connectivity index (χ1) is 12.8. The third-order valence-electron chi connectivity index (χ3n) is 5.22. The van der Waals surface area contributed by atoms with Crippen LogP contribution in [0.2, 0.25) is 0 Å². The van der Waals surface area contributed by atoms with Crippen molar-refractivity contribution in [1.82, 2.24) is 5.32 Å². The van der Waals surface area contributed by atoms with Gasteiger partial charge in [0, 0.05) is 13.0 Å². The molecular weight excluding hydrogens is 318 g/mol. The van der Waals surface area contributed by atoms with Crippen LogP contribution >= 0.6 is 0 Å². The van der Waals surface area contributed by atoms with E-state index in [0.29, 0.717) is 18.3 Å². The summed E-state index contributed by atoms with van der Waals surface area (Å²) in [6.07, 6.45) is 19.7. The van der Waals surface area contributed by atoms with E-state index in [1.807, 2.05) is 6.92 Å². The van der Waals surface area contributed by atoms with E-state index in [-0.39, 0.29) is 5.91 Å². The number of unbranched alkanes of at least 4 members (excludes halogenated alkanes) is 2. The Morgan fingerprint density at radius 2 is 1.69 bits per heavy atom. The Morgan fingerprint density at radius 1 is 1.04 bits per heavy atom. The van der Waals surface area contributed by atoms with Gasteiger partial charge >= 0.3 is 0 Å². The standard InChI is InChI=1S/C24H35NO/c1-2-25-24(26)20-11-5-10-17-23-19-12-18-22(23)16-9-4-8-15-21-13-6-3-7-14-21/h3,6-7,9-10,13-14,16-17,22-23H,2,4-5,8,11-12,15,18-20H2,1H3,(H,25,26)/b16-9+,17-10-/t22-,23?/m0/s1. The molecule has 1 amide bonds. The van der Waals surface area contributed by atoms with Crippen molar-refractivity contribution >= 4 is 5.91 Å². The Hall–Kier alpha value is -1.83. The Kier molecular flexibility index (Phi) is 9.86. The molecule has 1 saturated carbocycles. The summed E-state index contributed by atoms with van der Waals surface area (Å²) in [5.74, 6) is 1.59. The normalized spacial score (nSPS) is 20.2. The first-order valence-corrected chi connectivity index (χ1v) is 10.4. The van der Waals surface area contributed by atoms with Gasteiger partial charge in [0.25, 0.3) is 0 Å². The van der Waals surface area contributed by atoms with Gasteiger partial charge in [-0.2, -0.15) is 0 Å². The average molecular weight is 354 g/mol. The smallest absolute Gasteiger partial charge is 0.219 e. The fourth-order valence-electron chi connectivity index (χ4n) is 3.77. The highest BCUT2D eigenvalue weighted by molar-refractivity contribution is 5.75. The van der Waals surface area contributed by atoms with E-state index in [9.17, 15) is 4.79 Å². The van der Waals surface area contributed by atoms with Gasteiger partial charge in [-0.1, -0.05) is 61.1 Å². The van der Waals surface area contributed by atoms with Crippen LogP contribution in [-0.2, 0) is 11.2 Å². The lowest BCUT2D eigenvalue weighted by atomic mass is 9.94. The quantitative estimate of drug-likeness (QED) is 0.393. The second kappa shape index (κ2) is 12.5. The summed E-state index contributed by atoms with van der Waals surface area (Å²) in [4.78, 5) is 11.4. The maximum Gasteiger partial charge on any atom is 0.219 e. The molecule has 2 heteroatoms. The molecule has 2 atom stereocenters. The van der Waals surface area contributed by atoms with Crippen molar-refractivity contribution in [2.75, 3.05) is 6.54 Å². The molecule has 1 N–H and O–H groups in total. The molecule has 0 saturated heterocycles. The van der Waals surface area contributed by atoms with E-state index < -0.39 is 0 Å². The Balaban J connectivity index is 1.62. The minimum atomic E-state index is 0.179. The Morgan fingerprint density at radius 3 is 2.35 bits per heavy atom. The molecule has 0 radical (unpaired) electrons. The zero-order valence-corrected chi connectivity index (χ0v) is 16.3. The van der Waals surface area contributed by atoms with Gasteiger partial charge in [-0.3, -0.25) is 4.79 Å². The number of hydrogen-bond acceptors (Lipinski definition) is 1. The lowest BCUT2D eigenvalue weighted by Crippen LogP contribution is -2.21. The lowest BCUT2D eigenvalue weighted by molar-refractivity contribution is -0.121. The first-order valence-electron chi connectivity index (χ1n) is 10.4. The first kappa shape index (κ1) is 20.5. The average Bonchev–Trinajstić information content (AvgIpc) is 3.09. The van der Waals surface area contributed by atoms with Gasteiger partial charge in [-0.05, 0) is 69.3 Å². The summed E-state index contributed by atoms with van der Waals surface area (Å²) in [5, 5.41) is 2.86. The molecule has 1 unspecified atom stereocenters. The van der Waals surface area contributed by atoms with Crippen molar-refractivity contribution in [1.29, 1.82) is 0 Å². The molecule has 1 fully saturated rings. The number of hydrogen-bond donors (Lipinski definition) is 1. The number of benzene rings is 1. The van der Waals surface area contributed by atoms with Crippen molar-refractivity contribution in [3.8, 4) is 0 Å². The van der Waals surface area contributed by atoms with Crippen LogP contribution in [0.4, 0.5) is 0 Å². The lowest BCUT2D eigenvalue weighted by Gasteiger charge is -2.11. The van der Waals surface area contributed by atoms with E-state index >= 15 is 0 Å². The maximum atomic E-state index is 11.4. The molecule has 26 heavy (non-hydrogen) atoms. The van der Waals surface area contributed by atoms with Gasteiger partial charge in [0.2, 0.25) is 5.91 Å². The van der Waals surface area contributed by atoms with E-state index in [1.54, 1.807) is 0 Å². The highest BCUT2D eigenvalue weighted by atomic mass is 16.1. The molecule has 2 nitrogen and oxygen atoms in total. The minimum absolute atomic E-state index is 0.179. The third kappa shape index (κ3) is 8.03. The van der Waals surface area contributed by atoms with Gasteiger partial charge in [0.05, 0.1) is 0 Å². The molecule has 1 aromatic carbocycles. The predicted molar refractivity (Wildman–Crippen MR) is 111 cm³/mol. The summed E-state index contributed by atoms with van der Waals surface area (Å²) in [6.45, 7) is 2.70. The van der Waals surface area contributed by atoms with Crippen LogP contribution in [0.15, 0.2) is 54.6 Å². The number of carbonyl (C=O) groups excluding carboxylic acids is 1. The van der Waals surface area contributed by atoms with Crippen LogP contribution in [0.25, 0.3) is 0 Å². The number of carbonyl (C=O) groups is 1. The van der Waals surface area contributed by atoms with Gasteiger partial charge < -0.3 is 5.32 Å². The van der Waals surface area contributed by atoms with Crippen LogP contribution in [0, 0.1) is 11.8 Å². The van der Waals surface area contributed by atoms with Gasteiger partial charge in [0.1, 0.15) is 0 Å². The van der Waals surface area contributed by atoms with Crippen LogP contribution in [-0.4, -0.2) is 12.5 Å². The zero-order chi connectivity index (χ0) is 18.5. The van der Waals surface area contributed by atoms with E-state index in [1.165, 1.54) is 44.1 Å². The molecular formula is C24H35NO. The van der Waals surface area contributed by atoms with Gasteiger partial charge in [-0.15, -0.1) is 0 Å². The highest BCUT2D eigenvalue weighted by Crippen LogP contribution is 2.34. The van der Waals surface area contributed by atoms with Crippen LogP contribution in [0.5, 0.6) is 0 Å². The van der Waals surface area contributed by atoms with Crippen LogP contribution in [0.3, 0.4) is 0 Å². The third-order valence-corrected chi connectivity index (χ3v) is 5.22. The molecule has 0 heterocycles. The Bertz CT molecular complexity index is 561. The molecule has 0 aromatic heterocycles. The summed E-state index contributed by atoms with van der Waals surface area (Å²) >= 11 is 0. The van der Waals surface area contributed by atoms with E-state index in [4.69, 9.17) is 0 Å².